The summed E-state index contributed by atoms with van der Waals surface area (Å²) in [4.78, 5) is 11.3. The number of carbonyl (C=O) groups excluding carboxylic acids is 1. The highest BCUT2D eigenvalue weighted by Crippen LogP contribution is 2.27. The molecule has 2 rings (SSSR count). The van der Waals surface area contributed by atoms with Gasteiger partial charge in [-0.1, -0.05) is 18.2 Å². The molecule has 1 amide bonds. The molecule has 0 spiro atoms. The molecule has 0 radical (unpaired) electrons. The van der Waals surface area contributed by atoms with Gasteiger partial charge in [-0.05, 0) is 30.4 Å². The minimum Gasteiger partial charge on any atom is -0.396 e. The normalized spacial score (nSPS) is 14.6. The summed E-state index contributed by atoms with van der Waals surface area (Å²) in [6.07, 6.45) is 2.97. The van der Waals surface area contributed by atoms with Crippen LogP contribution in [0, 0.1) is 0 Å². The van der Waals surface area contributed by atoms with Crippen LogP contribution in [0.3, 0.4) is 0 Å². The molecular weight excluding hydrogens is 190 g/mol. The number of aliphatic hydroxyl groups is 1. The van der Waals surface area contributed by atoms with Crippen LogP contribution >= 0.6 is 0 Å². The number of hydrogen-bond acceptors (Lipinski definition) is 2. The van der Waals surface area contributed by atoms with E-state index in [0.29, 0.717) is 6.42 Å². The van der Waals surface area contributed by atoms with Crippen molar-refractivity contribution in [2.45, 2.75) is 25.7 Å². The minimum atomic E-state index is 0.0962. The van der Waals surface area contributed by atoms with E-state index >= 15 is 0 Å². The Labute approximate surface area is 89.1 Å². The molecule has 0 unspecified atom stereocenters. The minimum absolute atomic E-state index is 0.0962. The van der Waals surface area contributed by atoms with Gasteiger partial charge >= 0.3 is 0 Å². The molecule has 2 N–H and O–H groups in total. The van der Waals surface area contributed by atoms with E-state index in [1.807, 2.05) is 12.1 Å². The standard InChI is InChI=1S/C12H15NO2/c14-8-2-5-9-3-1-4-10-6-7-11(15)13-12(9)10/h1,3-4,14H,2,5-8H2,(H,13,15). The summed E-state index contributed by atoms with van der Waals surface area (Å²) in [5, 5.41) is 11.7. The maximum atomic E-state index is 11.3. The summed E-state index contributed by atoms with van der Waals surface area (Å²) in [7, 11) is 0. The van der Waals surface area contributed by atoms with E-state index in [0.717, 1.165) is 30.5 Å². The molecular formula is C12H15NO2. The predicted molar refractivity (Wildman–Crippen MR) is 58.8 cm³/mol. The lowest BCUT2D eigenvalue weighted by Crippen LogP contribution is -2.20. The van der Waals surface area contributed by atoms with Gasteiger partial charge in [0.15, 0.2) is 0 Å². The molecule has 0 aliphatic carbocycles. The van der Waals surface area contributed by atoms with Crippen molar-refractivity contribution in [3.63, 3.8) is 0 Å². The van der Waals surface area contributed by atoms with Crippen LogP contribution in [0.1, 0.15) is 24.0 Å². The number of hydrogen-bond donors (Lipinski definition) is 2. The van der Waals surface area contributed by atoms with Crippen LogP contribution in [-0.2, 0) is 17.6 Å². The largest absolute Gasteiger partial charge is 0.396 e. The van der Waals surface area contributed by atoms with E-state index in [4.69, 9.17) is 5.11 Å². The third-order valence-corrected chi connectivity index (χ3v) is 2.73. The van der Waals surface area contributed by atoms with Crippen molar-refractivity contribution >= 4 is 11.6 Å². The molecule has 0 atom stereocenters. The molecule has 0 bridgehead atoms. The van der Waals surface area contributed by atoms with Gasteiger partial charge in [0.1, 0.15) is 0 Å². The van der Waals surface area contributed by atoms with Crippen molar-refractivity contribution in [2.24, 2.45) is 0 Å². The topological polar surface area (TPSA) is 49.3 Å². The van der Waals surface area contributed by atoms with E-state index in [9.17, 15) is 4.79 Å². The number of nitrogens with one attached hydrogen (secondary N) is 1. The maximum absolute atomic E-state index is 11.3. The fraction of sp³-hybridized carbons (Fsp3) is 0.417. The lowest BCUT2D eigenvalue weighted by atomic mass is 9.97. The van der Waals surface area contributed by atoms with Gasteiger partial charge in [0.2, 0.25) is 5.91 Å². The first-order chi connectivity index (χ1) is 7.31. The van der Waals surface area contributed by atoms with E-state index in [2.05, 4.69) is 11.4 Å². The van der Waals surface area contributed by atoms with Gasteiger partial charge in [0, 0.05) is 18.7 Å². The summed E-state index contributed by atoms with van der Waals surface area (Å²) in [5.74, 6) is 0.0962. The Bertz CT molecular complexity index is 374. The molecule has 0 fully saturated rings. The Kier molecular flexibility index (Phi) is 3.02. The smallest absolute Gasteiger partial charge is 0.224 e. The number of para-hydroxylation sites is 1. The molecule has 1 aromatic carbocycles. The van der Waals surface area contributed by atoms with E-state index in [-0.39, 0.29) is 12.5 Å². The van der Waals surface area contributed by atoms with Gasteiger partial charge in [0.25, 0.3) is 0 Å². The fourth-order valence-corrected chi connectivity index (χ4v) is 1.95. The highest BCUT2D eigenvalue weighted by atomic mass is 16.2. The number of carbonyl (C=O) groups is 1. The van der Waals surface area contributed by atoms with Crippen LogP contribution in [-0.4, -0.2) is 17.6 Å². The summed E-state index contributed by atoms with van der Waals surface area (Å²) in [6, 6.07) is 6.08. The first-order valence-corrected chi connectivity index (χ1v) is 5.33. The molecule has 1 heterocycles. The zero-order valence-electron chi connectivity index (χ0n) is 8.62. The van der Waals surface area contributed by atoms with Crippen molar-refractivity contribution < 1.29 is 9.90 Å². The predicted octanol–water partition coefficient (Wildman–Crippen LogP) is 1.50. The number of aliphatic hydroxyl groups excluding tert-OH is 1. The lowest BCUT2D eigenvalue weighted by Gasteiger charge is -2.19. The number of fused-ring (bicyclic) bond motifs is 1. The van der Waals surface area contributed by atoms with E-state index < -0.39 is 0 Å². The average molecular weight is 205 g/mol. The summed E-state index contributed by atoms with van der Waals surface area (Å²) >= 11 is 0. The van der Waals surface area contributed by atoms with Gasteiger partial charge in [-0.2, -0.15) is 0 Å². The monoisotopic (exact) mass is 205 g/mol. The zero-order valence-corrected chi connectivity index (χ0v) is 8.62. The number of amides is 1. The molecule has 80 valence electrons. The van der Waals surface area contributed by atoms with Crippen LogP contribution in [0.4, 0.5) is 5.69 Å². The second kappa shape index (κ2) is 4.45. The third kappa shape index (κ3) is 2.18. The number of benzene rings is 1. The molecule has 1 aromatic rings. The average Bonchev–Trinajstić information content (AvgIpc) is 2.26. The van der Waals surface area contributed by atoms with Crippen molar-refractivity contribution in [1.29, 1.82) is 0 Å². The molecule has 3 heteroatoms. The second-order valence-electron chi connectivity index (χ2n) is 3.83. The quantitative estimate of drug-likeness (QED) is 0.785. The van der Waals surface area contributed by atoms with Crippen molar-refractivity contribution in [3.8, 4) is 0 Å². The highest BCUT2D eigenvalue weighted by Gasteiger charge is 2.16. The first kappa shape index (κ1) is 10.2. The maximum Gasteiger partial charge on any atom is 0.224 e. The Morgan fingerprint density at radius 2 is 2.20 bits per heavy atom. The Morgan fingerprint density at radius 1 is 1.33 bits per heavy atom. The van der Waals surface area contributed by atoms with E-state index in [1.54, 1.807) is 0 Å². The van der Waals surface area contributed by atoms with Crippen LogP contribution < -0.4 is 5.32 Å². The second-order valence-corrected chi connectivity index (χ2v) is 3.83. The Hall–Kier alpha value is -1.35. The number of anilines is 1. The van der Waals surface area contributed by atoms with Gasteiger partial charge in [-0.15, -0.1) is 0 Å². The van der Waals surface area contributed by atoms with Gasteiger partial charge in [0.05, 0.1) is 0 Å². The van der Waals surface area contributed by atoms with Crippen LogP contribution in [0.5, 0.6) is 0 Å². The summed E-state index contributed by atoms with van der Waals surface area (Å²) < 4.78 is 0. The van der Waals surface area contributed by atoms with Crippen LogP contribution in [0.2, 0.25) is 0 Å². The molecule has 0 saturated heterocycles. The lowest BCUT2D eigenvalue weighted by molar-refractivity contribution is -0.116. The zero-order chi connectivity index (χ0) is 10.7. The molecule has 1 aliphatic heterocycles. The molecule has 3 nitrogen and oxygen atoms in total. The number of rotatable bonds is 3. The highest BCUT2D eigenvalue weighted by molar-refractivity contribution is 5.94. The van der Waals surface area contributed by atoms with Crippen molar-refractivity contribution in [2.75, 3.05) is 11.9 Å². The number of aryl methyl sites for hydroxylation is 2. The molecule has 1 aliphatic rings. The summed E-state index contributed by atoms with van der Waals surface area (Å²) in [6.45, 7) is 0.192. The third-order valence-electron chi connectivity index (χ3n) is 2.73. The SMILES string of the molecule is O=C1CCc2cccc(CCCO)c2N1. The molecule has 0 saturated carbocycles. The van der Waals surface area contributed by atoms with Gasteiger partial charge in [-0.3, -0.25) is 4.79 Å². The fourth-order valence-electron chi connectivity index (χ4n) is 1.95. The molecule has 15 heavy (non-hydrogen) atoms. The van der Waals surface area contributed by atoms with Gasteiger partial charge in [-0.25, -0.2) is 0 Å². The van der Waals surface area contributed by atoms with Gasteiger partial charge < -0.3 is 10.4 Å². The van der Waals surface area contributed by atoms with Crippen LogP contribution in [0.15, 0.2) is 18.2 Å². The Balaban J connectivity index is 2.27. The first-order valence-electron chi connectivity index (χ1n) is 5.33. The van der Waals surface area contributed by atoms with Crippen LogP contribution in [0.25, 0.3) is 0 Å². The van der Waals surface area contributed by atoms with Crippen molar-refractivity contribution in [1.82, 2.24) is 0 Å². The molecule has 0 aromatic heterocycles. The summed E-state index contributed by atoms with van der Waals surface area (Å²) in [5.41, 5.74) is 3.32. The van der Waals surface area contributed by atoms with E-state index in [1.165, 1.54) is 5.56 Å². The van der Waals surface area contributed by atoms with Crippen molar-refractivity contribution in [3.05, 3.63) is 29.3 Å². The Morgan fingerprint density at radius 3 is 3.00 bits per heavy atom.